The molecule has 0 bridgehead atoms. The molecule has 1 amide bonds. The van der Waals surface area contributed by atoms with Crippen molar-refractivity contribution < 1.29 is 42.8 Å². The first-order valence-corrected chi connectivity index (χ1v) is 14.0. The maximum atomic E-state index is 12.2. The van der Waals surface area contributed by atoms with E-state index in [0.717, 1.165) is 36.3 Å². The molecular formula is C27H30NNaO3S2. The summed E-state index contributed by atoms with van der Waals surface area (Å²) in [5, 5.41) is 0. The molecule has 0 spiro atoms. The molecule has 0 fully saturated rings. The Labute approximate surface area is 230 Å². The van der Waals surface area contributed by atoms with Crippen LogP contribution in [0, 0.1) is 0 Å². The average molecular weight is 504 g/mol. The zero-order valence-electron chi connectivity index (χ0n) is 19.9. The van der Waals surface area contributed by atoms with E-state index in [9.17, 15) is 13.2 Å². The molecular weight excluding hydrogens is 473 g/mol. The first kappa shape index (κ1) is 28.7. The Morgan fingerprint density at radius 2 is 1.32 bits per heavy atom. The minimum atomic E-state index is -3.71. The third-order valence-electron chi connectivity index (χ3n) is 5.28. The molecule has 4 nitrogen and oxygen atoms in total. The number of thioether (sulfide) groups is 1. The molecule has 0 aliphatic heterocycles. The minimum Gasteiger partial charge on any atom is -0.542 e. The number of carbonyl (C=O) groups excluding carboxylic acids is 1. The largest absolute Gasteiger partial charge is 1.00 e. The predicted octanol–water partition coefficient (Wildman–Crippen LogP) is 4.22. The number of hydrogen-bond acceptors (Lipinski definition) is 4. The quantitative estimate of drug-likeness (QED) is 0.274. The van der Waals surface area contributed by atoms with Gasteiger partial charge in [-0.1, -0.05) is 105 Å². The molecule has 0 saturated carbocycles. The summed E-state index contributed by atoms with van der Waals surface area (Å²) < 4.78 is 27.5. The number of unbranched alkanes of at least 4 members (excludes halogenated alkanes) is 3. The van der Waals surface area contributed by atoms with E-state index in [1.165, 1.54) is 16.7 Å². The number of rotatable bonds is 12. The Bertz CT molecular complexity index is 1120. The Morgan fingerprint density at radius 3 is 1.91 bits per heavy atom. The number of hydrogen-bond donors (Lipinski definition) is 0. The smallest absolute Gasteiger partial charge is 0.542 e. The van der Waals surface area contributed by atoms with Crippen molar-refractivity contribution in [3.05, 3.63) is 100 Å². The van der Waals surface area contributed by atoms with Crippen molar-refractivity contribution in [2.45, 2.75) is 44.1 Å². The third kappa shape index (κ3) is 9.59. The fraction of sp³-hybridized carbons (Fsp3) is 0.296. The van der Waals surface area contributed by atoms with Gasteiger partial charge in [-0.15, -0.1) is 0 Å². The van der Waals surface area contributed by atoms with Gasteiger partial charge in [0.25, 0.3) is 0 Å². The summed E-state index contributed by atoms with van der Waals surface area (Å²) in [7, 11) is -3.71. The van der Waals surface area contributed by atoms with Crippen LogP contribution < -0.4 is 29.6 Å². The molecule has 174 valence electrons. The van der Waals surface area contributed by atoms with E-state index < -0.39 is 15.9 Å². The number of sulfonamides is 1. The Morgan fingerprint density at radius 1 is 0.765 bits per heavy atom. The second kappa shape index (κ2) is 14.7. The second-order valence-corrected chi connectivity index (χ2v) is 10.7. The molecule has 0 aromatic heterocycles. The van der Waals surface area contributed by atoms with Gasteiger partial charge in [-0.25, -0.2) is 8.42 Å². The third-order valence-corrected chi connectivity index (χ3v) is 7.60. The van der Waals surface area contributed by atoms with E-state index in [1.807, 2.05) is 30.3 Å². The fourth-order valence-corrected chi connectivity index (χ4v) is 5.37. The van der Waals surface area contributed by atoms with E-state index >= 15 is 0 Å². The van der Waals surface area contributed by atoms with Crippen molar-refractivity contribution in [1.29, 1.82) is 0 Å². The molecule has 0 N–H and O–H groups in total. The van der Waals surface area contributed by atoms with E-state index in [-0.39, 0.29) is 35.3 Å². The molecule has 0 radical (unpaired) electrons. The summed E-state index contributed by atoms with van der Waals surface area (Å²) in [6.45, 7) is 2.06. The Balaban J connectivity index is 0.00000408. The maximum Gasteiger partial charge on any atom is 1.00 e. The number of amides is 1. The van der Waals surface area contributed by atoms with Crippen LogP contribution >= 0.6 is 11.8 Å². The average Bonchev–Trinajstić information content (AvgIpc) is 2.83. The molecule has 0 unspecified atom stereocenters. The van der Waals surface area contributed by atoms with Crippen molar-refractivity contribution in [2.24, 2.45) is 0 Å². The predicted molar refractivity (Wildman–Crippen MR) is 139 cm³/mol. The van der Waals surface area contributed by atoms with Crippen LogP contribution in [0.2, 0.25) is 0 Å². The van der Waals surface area contributed by atoms with Crippen molar-refractivity contribution in [3.63, 3.8) is 0 Å². The topological polar surface area (TPSA) is 65.3 Å². The van der Waals surface area contributed by atoms with Crippen molar-refractivity contribution in [3.8, 4) is 11.1 Å². The summed E-state index contributed by atoms with van der Waals surface area (Å²) in [5.74, 6) is 0.936. The van der Waals surface area contributed by atoms with Gasteiger partial charge in [-0.2, -0.15) is 11.8 Å². The van der Waals surface area contributed by atoms with Crippen LogP contribution in [0.5, 0.6) is 0 Å². The van der Waals surface area contributed by atoms with Crippen molar-refractivity contribution in [1.82, 2.24) is 0 Å². The molecule has 3 aromatic carbocycles. The Hall–Kier alpha value is -1.57. The van der Waals surface area contributed by atoms with Crippen LogP contribution in [0.3, 0.4) is 0 Å². The minimum absolute atomic E-state index is 0. The van der Waals surface area contributed by atoms with E-state index in [1.54, 1.807) is 23.9 Å². The zero-order chi connectivity index (χ0) is 23.5. The van der Waals surface area contributed by atoms with Crippen LogP contribution in [0.25, 0.3) is 15.8 Å². The van der Waals surface area contributed by atoms with Gasteiger partial charge < -0.3 is 9.52 Å². The second-order valence-electron chi connectivity index (χ2n) is 8.00. The van der Waals surface area contributed by atoms with Gasteiger partial charge in [0.15, 0.2) is 0 Å². The molecule has 3 rings (SSSR count). The van der Waals surface area contributed by atoms with Crippen LogP contribution in [0.4, 0.5) is 0 Å². The summed E-state index contributed by atoms with van der Waals surface area (Å²) in [6.07, 6.45) is 3.39. The number of carbonyl (C=O) groups is 1. The molecule has 34 heavy (non-hydrogen) atoms. The fourth-order valence-electron chi connectivity index (χ4n) is 3.39. The van der Waals surface area contributed by atoms with E-state index in [4.69, 9.17) is 0 Å². The molecule has 7 heteroatoms. The molecule has 0 aliphatic carbocycles. The van der Waals surface area contributed by atoms with Gasteiger partial charge in [0, 0.05) is 17.3 Å². The molecule has 0 heterocycles. The van der Waals surface area contributed by atoms with Gasteiger partial charge in [0.05, 0.1) is 15.9 Å². The van der Waals surface area contributed by atoms with Crippen molar-refractivity contribution >= 4 is 27.7 Å². The first-order valence-electron chi connectivity index (χ1n) is 11.3. The van der Waals surface area contributed by atoms with Gasteiger partial charge >= 0.3 is 29.6 Å². The standard InChI is InChI=1S/C27H31NO3S2.Na/c1-2-3-4-8-19-33(30,31)28-27(29)26-17-13-23(14-18-26)21-32-20-22-11-15-25(16-12-22)24-9-6-5-7-10-24;/h5-7,9-18H,2-4,8,19-21H2,1H3,(H,28,29);/q;+1/p-1. The van der Waals surface area contributed by atoms with Crippen LogP contribution in [0.1, 0.15) is 54.1 Å². The molecule has 0 atom stereocenters. The summed E-state index contributed by atoms with van der Waals surface area (Å²) in [6, 6.07) is 25.9. The SMILES string of the molecule is CCCCCCS(=O)(=O)[N-]C(=O)c1ccc(CSCc2ccc(-c3ccccc3)cc2)cc1.[Na+]. The summed E-state index contributed by atoms with van der Waals surface area (Å²) >= 11 is 1.79. The molecule has 0 saturated heterocycles. The summed E-state index contributed by atoms with van der Waals surface area (Å²) in [5.41, 5.74) is 5.06. The van der Waals surface area contributed by atoms with E-state index in [2.05, 4.69) is 48.0 Å². The van der Waals surface area contributed by atoms with Gasteiger partial charge in [-0.3, -0.25) is 0 Å². The number of nitrogens with zero attached hydrogens (tertiary/aromatic N) is 1. The van der Waals surface area contributed by atoms with Crippen LogP contribution in [0.15, 0.2) is 78.9 Å². The normalized spacial score (nSPS) is 11.0. The Kier molecular flexibility index (Phi) is 12.4. The first-order chi connectivity index (χ1) is 16.0. The molecule has 3 aromatic rings. The van der Waals surface area contributed by atoms with Crippen LogP contribution in [-0.4, -0.2) is 20.1 Å². The van der Waals surface area contributed by atoms with Gasteiger partial charge in [0.2, 0.25) is 0 Å². The van der Waals surface area contributed by atoms with Crippen molar-refractivity contribution in [2.75, 3.05) is 5.75 Å². The van der Waals surface area contributed by atoms with Crippen LogP contribution in [-0.2, 0) is 21.5 Å². The van der Waals surface area contributed by atoms with Gasteiger partial charge in [0.1, 0.15) is 0 Å². The molecule has 0 aliphatic rings. The maximum absolute atomic E-state index is 12.2. The monoisotopic (exact) mass is 503 g/mol. The summed E-state index contributed by atoms with van der Waals surface area (Å²) in [4.78, 5) is 12.2. The zero-order valence-corrected chi connectivity index (χ0v) is 23.6. The van der Waals surface area contributed by atoms with E-state index in [0.29, 0.717) is 12.0 Å². The van der Waals surface area contributed by atoms with Gasteiger partial charge in [-0.05, 0) is 34.2 Å². The number of benzene rings is 3.